The van der Waals surface area contributed by atoms with Crippen LogP contribution in [0.25, 0.3) is 21.9 Å². The van der Waals surface area contributed by atoms with Crippen molar-refractivity contribution >= 4 is 16.7 Å². The van der Waals surface area contributed by atoms with E-state index in [2.05, 4.69) is 67.6 Å². The number of fused-ring (bicyclic) bond motifs is 1. The lowest BCUT2D eigenvalue weighted by Crippen LogP contribution is -1.98. The quantitative estimate of drug-likeness (QED) is 0.392. The summed E-state index contributed by atoms with van der Waals surface area (Å²) in [5.74, 6) is -0.00235. The van der Waals surface area contributed by atoms with Crippen LogP contribution in [0.4, 0.5) is 0 Å². The van der Waals surface area contributed by atoms with Crippen molar-refractivity contribution in [2.75, 3.05) is 0 Å². The predicted octanol–water partition coefficient (Wildman–Crippen LogP) is 6.41. The fraction of sp³-hybridized carbons (Fsp3) is 0.148. The van der Waals surface area contributed by atoms with Crippen LogP contribution in [0.5, 0.6) is 5.75 Å². The molecule has 0 aliphatic rings. The Bertz CT molecular complexity index is 1180. The molecule has 30 heavy (non-hydrogen) atoms. The molecule has 150 valence electrons. The van der Waals surface area contributed by atoms with Gasteiger partial charge in [0.25, 0.3) is 0 Å². The molecule has 4 aromatic rings. The molecule has 0 atom stereocenters. The monoisotopic (exact) mass is 396 g/mol. The van der Waals surface area contributed by atoms with Crippen LogP contribution in [0.1, 0.15) is 23.1 Å². The van der Waals surface area contributed by atoms with Gasteiger partial charge >= 0.3 is 5.97 Å². The van der Waals surface area contributed by atoms with Crippen LogP contribution in [-0.4, -0.2) is 11.1 Å². The molecule has 1 N–H and O–H groups in total. The third-order valence-electron chi connectivity index (χ3n) is 5.31. The molecule has 0 bridgehead atoms. The molecule has 0 aliphatic carbocycles. The van der Waals surface area contributed by atoms with Crippen molar-refractivity contribution in [3.8, 4) is 16.9 Å². The minimum atomic E-state index is -0.781. The van der Waals surface area contributed by atoms with Gasteiger partial charge in [-0.1, -0.05) is 66.7 Å². The Kier molecular flexibility index (Phi) is 5.80. The number of hydrogen-bond donors (Lipinski definition) is 1. The Morgan fingerprint density at radius 1 is 0.867 bits per heavy atom. The van der Waals surface area contributed by atoms with Crippen LogP contribution >= 0.6 is 0 Å². The first-order valence-corrected chi connectivity index (χ1v) is 10.1. The third kappa shape index (κ3) is 4.52. The lowest BCUT2D eigenvalue weighted by molar-refractivity contribution is -0.136. The molecule has 0 spiro atoms. The van der Waals surface area contributed by atoms with Crippen molar-refractivity contribution in [2.24, 2.45) is 0 Å². The van der Waals surface area contributed by atoms with Gasteiger partial charge in [-0.05, 0) is 70.1 Å². The maximum atomic E-state index is 10.7. The molecule has 0 saturated carbocycles. The summed E-state index contributed by atoms with van der Waals surface area (Å²) in [6.07, 6.45) is 0.669. The Balaban J connectivity index is 1.51. The SMILES string of the molecule is Cc1ccc2ccccc2c1-c1cccc(COc2ccc(CCC(=O)O)cc2)c1. The van der Waals surface area contributed by atoms with E-state index in [0.717, 1.165) is 16.9 Å². The number of benzene rings is 4. The number of ether oxygens (including phenoxy) is 1. The van der Waals surface area contributed by atoms with Crippen molar-refractivity contribution in [3.05, 3.63) is 102 Å². The fourth-order valence-corrected chi connectivity index (χ4v) is 3.75. The van der Waals surface area contributed by atoms with Crippen LogP contribution in [0.15, 0.2) is 84.9 Å². The van der Waals surface area contributed by atoms with Gasteiger partial charge in [-0.3, -0.25) is 4.79 Å². The Labute approximate surface area is 176 Å². The number of carboxylic acids is 1. The van der Waals surface area contributed by atoms with E-state index < -0.39 is 5.97 Å². The van der Waals surface area contributed by atoms with Crippen LogP contribution in [-0.2, 0) is 17.8 Å². The maximum Gasteiger partial charge on any atom is 0.303 e. The van der Waals surface area contributed by atoms with E-state index in [4.69, 9.17) is 9.84 Å². The topological polar surface area (TPSA) is 46.5 Å². The first-order chi connectivity index (χ1) is 14.6. The van der Waals surface area contributed by atoms with Crippen molar-refractivity contribution < 1.29 is 14.6 Å². The van der Waals surface area contributed by atoms with E-state index in [-0.39, 0.29) is 6.42 Å². The molecule has 0 aliphatic heterocycles. The zero-order valence-electron chi connectivity index (χ0n) is 17.0. The normalized spacial score (nSPS) is 10.8. The summed E-state index contributed by atoms with van der Waals surface area (Å²) in [5.41, 5.74) is 5.81. The van der Waals surface area contributed by atoms with Gasteiger partial charge in [-0.25, -0.2) is 0 Å². The molecule has 4 rings (SSSR count). The lowest BCUT2D eigenvalue weighted by atomic mass is 9.93. The van der Waals surface area contributed by atoms with Gasteiger partial charge in [0.15, 0.2) is 0 Å². The van der Waals surface area contributed by atoms with E-state index >= 15 is 0 Å². The molecule has 3 nitrogen and oxygen atoms in total. The van der Waals surface area contributed by atoms with Crippen molar-refractivity contribution in [1.29, 1.82) is 0 Å². The van der Waals surface area contributed by atoms with E-state index in [1.807, 2.05) is 24.3 Å². The molecule has 0 unspecified atom stereocenters. The Hall–Kier alpha value is -3.59. The van der Waals surface area contributed by atoms with Crippen molar-refractivity contribution in [2.45, 2.75) is 26.4 Å². The average Bonchev–Trinajstić information content (AvgIpc) is 2.77. The first kappa shape index (κ1) is 19.7. The molecule has 0 fully saturated rings. The molecule has 0 aromatic heterocycles. The van der Waals surface area contributed by atoms with Gasteiger partial charge in [0.1, 0.15) is 12.4 Å². The summed E-state index contributed by atoms with van der Waals surface area (Å²) < 4.78 is 5.96. The van der Waals surface area contributed by atoms with E-state index in [9.17, 15) is 4.79 Å². The molecular weight excluding hydrogens is 372 g/mol. The Morgan fingerprint density at radius 2 is 1.67 bits per heavy atom. The molecular formula is C27H24O3. The van der Waals surface area contributed by atoms with Gasteiger partial charge in [0.2, 0.25) is 0 Å². The van der Waals surface area contributed by atoms with Crippen LogP contribution in [0.3, 0.4) is 0 Å². The summed E-state index contributed by atoms with van der Waals surface area (Å²) >= 11 is 0. The third-order valence-corrected chi connectivity index (χ3v) is 5.31. The van der Waals surface area contributed by atoms with Crippen LogP contribution in [0.2, 0.25) is 0 Å². The van der Waals surface area contributed by atoms with E-state index in [0.29, 0.717) is 13.0 Å². The smallest absolute Gasteiger partial charge is 0.303 e. The number of hydrogen-bond acceptors (Lipinski definition) is 2. The number of carboxylic acid groups (broad SMARTS) is 1. The van der Waals surface area contributed by atoms with Crippen LogP contribution < -0.4 is 4.74 Å². The maximum absolute atomic E-state index is 10.7. The molecule has 0 radical (unpaired) electrons. The highest BCUT2D eigenvalue weighted by atomic mass is 16.5. The van der Waals surface area contributed by atoms with Crippen LogP contribution in [0, 0.1) is 6.92 Å². The van der Waals surface area contributed by atoms with Crippen molar-refractivity contribution in [3.63, 3.8) is 0 Å². The largest absolute Gasteiger partial charge is 0.489 e. The summed E-state index contributed by atoms with van der Waals surface area (Å²) in [7, 11) is 0. The van der Waals surface area contributed by atoms with Crippen molar-refractivity contribution in [1.82, 2.24) is 0 Å². The second-order valence-corrected chi connectivity index (χ2v) is 7.51. The van der Waals surface area contributed by atoms with E-state index in [1.54, 1.807) is 0 Å². The molecule has 0 amide bonds. The molecule has 4 aromatic carbocycles. The second kappa shape index (κ2) is 8.83. The van der Waals surface area contributed by atoms with Gasteiger partial charge in [0, 0.05) is 6.42 Å². The predicted molar refractivity (Wildman–Crippen MR) is 121 cm³/mol. The Morgan fingerprint density at radius 3 is 2.47 bits per heavy atom. The molecule has 3 heteroatoms. The van der Waals surface area contributed by atoms with Gasteiger partial charge in [0.05, 0.1) is 0 Å². The summed E-state index contributed by atoms with van der Waals surface area (Å²) in [5, 5.41) is 11.3. The number of carbonyl (C=O) groups is 1. The minimum Gasteiger partial charge on any atom is -0.489 e. The zero-order chi connectivity index (χ0) is 20.9. The average molecular weight is 396 g/mol. The van der Waals surface area contributed by atoms with Gasteiger partial charge < -0.3 is 9.84 Å². The lowest BCUT2D eigenvalue weighted by Gasteiger charge is -2.13. The number of aliphatic carboxylic acids is 1. The highest BCUT2D eigenvalue weighted by Gasteiger charge is 2.08. The first-order valence-electron chi connectivity index (χ1n) is 10.1. The second-order valence-electron chi connectivity index (χ2n) is 7.51. The van der Waals surface area contributed by atoms with E-state index in [1.165, 1.54) is 27.5 Å². The fourth-order valence-electron chi connectivity index (χ4n) is 3.75. The summed E-state index contributed by atoms with van der Waals surface area (Å²) in [6, 6.07) is 28.9. The number of rotatable bonds is 7. The zero-order valence-corrected chi connectivity index (χ0v) is 17.0. The van der Waals surface area contributed by atoms with Gasteiger partial charge in [-0.2, -0.15) is 0 Å². The number of aryl methyl sites for hydroxylation is 2. The summed E-state index contributed by atoms with van der Waals surface area (Å²) in [6.45, 7) is 2.63. The summed E-state index contributed by atoms with van der Waals surface area (Å²) in [4.78, 5) is 10.7. The molecule has 0 heterocycles. The highest BCUT2D eigenvalue weighted by molar-refractivity contribution is 5.98. The standard InChI is InChI=1S/C27H24O3/c1-19-9-13-22-6-2-3-8-25(22)27(19)23-7-4-5-21(17-23)18-30-24-14-10-20(11-15-24)12-16-26(28)29/h2-11,13-15,17H,12,16,18H2,1H3,(H,28,29). The molecule has 0 saturated heterocycles. The highest BCUT2D eigenvalue weighted by Crippen LogP contribution is 2.32. The van der Waals surface area contributed by atoms with Gasteiger partial charge in [-0.15, -0.1) is 0 Å². The minimum absolute atomic E-state index is 0.139.